The van der Waals surface area contributed by atoms with Gasteiger partial charge in [-0.25, -0.2) is 4.98 Å². The molecule has 0 radical (unpaired) electrons. The molecule has 0 aromatic carbocycles. The largest absolute Gasteiger partial charge is 0.355 e. The second kappa shape index (κ2) is 7.65. The number of carbonyl (C=O) groups is 3. The molecular formula is C16H21N3O3S2. The number of carbonyl (C=O) groups excluding carboxylic acids is 3. The van der Waals surface area contributed by atoms with Crippen molar-refractivity contribution in [1.29, 1.82) is 0 Å². The number of ketones is 1. The van der Waals surface area contributed by atoms with E-state index >= 15 is 0 Å². The van der Waals surface area contributed by atoms with Crippen LogP contribution in [0.5, 0.6) is 0 Å². The van der Waals surface area contributed by atoms with E-state index in [4.69, 9.17) is 0 Å². The van der Waals surface area contributed by atoms with Crippen molar-refractivity contribution in [3.63, 3.8) is 0 Å². The minimum absolute atomic E-state index is 0.00819. The summed E-state index contributed by atoms with van der Waals surface area (Å²) < 4.78 is 0. The maximum atomic E-state index is 12.3. The number of aromatic nitrogens is 1. The van der Waals surface area contributed by atoms with Gasteiger partial charge in [0.25, 0.3) is 0 Å². The van der Waals surface area contributed by atoms with Crippen molar-refractivity contribution in [3.8, 4) is 0 Å². The molecule has 2 aliphatic carbocycles. The van der Waals surface area contributed by atoms with Crippen LogP contribution in [0.2, 0.25) is 0 Å². The topological polar surface area (TPSA) is 88.2 Å². The van der Waals surface area contributed by atoms with Crippen LogP contribution in [0, 0.1) is 11.8 Å². The predicted molar refractivity (Wildman–Crippen MR) is 95.6 cm³/mol. The lowest BCUT2D eigenvalue weighted by Gasteiger charge is -2.23. The maximum Gasteiger partial charge on any atom is 0.229 e. The van der Waals surface area contributed by atoms with Gasteiger partial charge < -0.3 is 10.6 Å². The van der Waals surface area contributed by atoms with Crippen molar-refractivity contribution in [1.82, 2.24) is 10.3 Å². The molecule has 1 fully saturated rings. The van der Waals surface area contributed by atoms with Gasteiger partial charge in [0.05, 0.1) is 16.5 Å². The van der Waals surface area contributed by atoms with E-state index in [1.54, 1.807) is 11.8 Å². The average Bonchev–Trinajstić information content (AvgIpc) is 2.88. The molecule has 6 nitrogen and oxygen atoms in total. The summed E-state index contributed by atoms with van der Waals surface area (Å²) in [5.41, 5.74) is 0.644. The Bertz CT molecular complexity index is 655. The molecule has 2 aliphatic rings. The first-order valence-electron chi connectivity index (χ1n) is 8.19. The van der Waals surface area contributed by atoms with Gasteiger partial charge in [-0.3, -0.25) is 14.4 Å². The molecule has 0 bridgehead atoms. The van der Waals surface area contributed by atoms with Gasteiger partial charge in [-0.05, 0) is 19.1 Å². The summed E-state index contributed by atoms with van der Waals surface area (Å²) in [4.78, 5) is 41.5. The van der Waals surface area contributed by atoms with Gasteiger partial charge in [-0.2, -0.15) is 11.8 Å². The fourth-order valence-corrected chi connectivity index (χ4v) is 4.12. The second-order valence-electron chi connectivity index (χ2n) is 6.22. The van der Waals surface area contributed by atoms with Gasteiger partial charge in [0, 0.05) is 31.1 Å². The Labute approximate surface area is 149 Å². The normalized spacial score (nSPS) is 20.2. The first-order chi connectivity index (χ1) is 11.6. The summed E-state index contributed by atoms with van der Waals surface area (Å²) >= 11 is 2.90. The van der Waals surface area contributed by atoms with E-state index in [0.717, 1.165) is 25.0 Å². The van der Waals surface area contributed by atoms with Gasteiger partial charge >= 0.3 is 0 Å². The third kappa shape index (κ3) is 3.80. The molecule has 0 unspecified atom stereocenters. The van der Waals surface area contributed by atoms with E-state index in [-0.39, 0.29) is 35.9 Å². The molecule has 1 heterocycles. The highest BCUT2D eigenvalue weighted by Crippen LogP contribution is 2.34. The summed E-state index contributed by atoms with van der Waals surface area (Å²) in [6, 6.07) is 0. The lowest BCUT2D eigenvalue weighted by molar-refractivity contribution is -0.125. The van der Waals surface area contributed by atoms with Crippen LogP contribution in [0.15, 0.2) is 0 Å². The van der Waals surface area contributed by atoms with Crippen molar-refractivity contribution >= 4 is 45.8 Å². The smallest absolute Gasteiger partial charge is 0.229 e. The molecule has 2 amide bonds. The number of rotatable bonds is 6. The van der Waals surface area contributed by atoms with Crippen molar-refractivity contribution in [2.24, 2.45) is 11.8 Å². The Morgan fingerprint density at radius 2 is 2.04 bits per heavy atom. The monoisotopic (exact) mass is 367 g/mol. The first kappa shape index (κ1) is 17.4. The number of anilines is 1. The summed E-state index contributed by atoms with van der Waals surface area (Å²) in [5, 5.41) is 6.17. The number of nitrogens with zero attached hydrogens (tertiary/aromatic N) is 1. The Balaban J connectivity index is 1.63. The Morgan fingerprint density at radius 3 is 2.71 bits per heavy atom. The molecule has 8 heteroatoms. The van der Waals surface area contributed by atoms with E-state index in [0.29, 0.717) is 28.7 Å². The van der Waals surface area contributed by atoms with Gasteiger partial charge in [0.2, 0.25) is 11.8 Å². The van der Waals surface area contributed by atoms with Gasteiger partial charge in [0.15, 0.2) is 10.9 Å². The van der Waals surface area contributed by atoms with E-state index in [9.17, 15) is 14.4 Å². The highest BCUT2D eigenvalue weighted by Gasteiger charge is 2.33. The molecule has 1 aromatic heterocycles. The molecule has 3 rings (SSSR count). The number of fused-ring (bicyclic) bond motifs is 1. The van der Waals surface area contributed by atoms with Crippen molar-refractivity contribution in [2.45, 2.75) is 32.1 Å². The molecule has 0 saturated heterocycles. The Kier molecular flexibility index (Phi) is 5.55. The van der Waals surface area contributed by atoms with E-state index in [1.807, 2.05) is 6.26 Å². The molecule has 1 atom stereocenters. The van der Waals surface area contributed by atoms with Crippen LogP contribution >= 0.6 is 23.1 Å². The molecule has 0 aliphatic heterocycles. The molecule has 1 aromatic rings. The van der Waals surface area contributed by atoms with Crippen molar-refractivity contribution < 1.29 is 14.4 Å². The summed E-state index contributed by atoms with van der Waals surface area (Å²) in [6.45, 7) is 0.608. The Hall–Kier alpha value is -1.41. The van der Waals surface area contributed by atoms with Crippen LogP contribution in [0.25, 0.3) is 0 Å². The predicted octanol–water partition coefficient (Wildman–Crippen LogP) is 2.11. The third-order valence-corrected chi connectivity index (χ3v) is 6.17. The number of amides is 2. The number of thioether (sulfide) groups is 1. The van der Waals surface area contributed by atoms with E-state index < -0.39 is 0 Å². The van der Waals surface area contributed by atoms with Gasteiger partial charge in [-0.15, -0.1) is 0 Å². The number of hydrogen-bond acceptors (Lipinski definition) is 6. The standard InChI is InChI=1S/C16H21N3O3S2/c1-23-6-5-17-14(21)10-7-11-13(12(20)8-10)24-16(18-11)19-15(22)9-3-2-4-9/h9-10H,2-8H2,1H3,(H,17,21)(H,18,19,22)/t10-/m1/s1. The number of nitrogens with one attached hydrogen (secondary N) is 2. The zero-order valence-electron chi connectivity index (χ0n) is 13.6. The molecule has 0 spiro atoms. The zero-order valence-corrected chi connectivity index (χ0v) is 15.2. The minimum Gasteiger partial charge on any atom is -0.355 e. The van der Waals surface area contributed by atoms with Crippen LogP contribution in [0.4, 0.5) is 5.13 Å². The fourth-order valence-electron chi connectivity index (χ4n) is 2.87. The first-order valence-corrected chi connectivity index (χ1v) is 10.4. The Morgan fingerprint density at radius 1 is 1.25 bits per heavy atom. The molecule has 130 valence electrons. The van der Waals surface area contributed by atoms with Gasteiger partial charge in [0.1, 0.15) is 0 Å². The summed E-state index contributed by atoms with van der Waals surface area (Å²) in [6.07, 6.45) is 5.61. The zero-order chi connectivity index (χ0) is 17.1. The minimum atomic E-state index is -0.357. The molecular weight excluding hydrogens is 346 g/mol. The number of hydrogen-bond donors (Lipinski definition) is 2. The van der Waals surface area contributed by atoms with Crippen molar-refractivity contribution in [2.75, 3.05) is 23.9 Å². The lowest BCUT2D eigenvalue weighted by Crippen LogP contribution is -2.36. The van der Waals surface area contributed by atoms with Crippen LogP contribution in [0.1, 0.15) is 41.0 Å². The number of Topliss-reactive ketones (excluding diaryl/α,β-unsaturated/α-hetero) is 1. The summed E-state index contributed by atoms with van der Waals surface area (Å²) in [5.74, 6) is 0.428. The molecule has 1 saturated carbocycles. The lowest BCUT2D eigenvalue weighted by atomic mass is 9.85. The average molecular weight is 367 g/mol. The molecule has 2 N–H and O–H groups in total. The SMILES string of the molecule is CSCCNC(=O)[C@H]1CC(=O)c2sc(NC(=O)C3CCC3)nc2C1. The molecule has 24 heavy (non-hydrogen) atoms. The highest BCUT2D eigenvalue weighted by molar-refractivity contribution is 7.98. The van der Waals surface area contributed by atoms with E-state index in [1.165, 1.54) is 11.3 Å². The summed E-state index contributed by atoms with van der Waals surface area (Å²) in [7, 11) is 0. The van der Waals surface area contributed by atoms with Crippen LogP contribution in [-0.2, 0) is 16.0 Å². The quantitative estimate of drug-likeness (QED) is 0.752. The number of thiazole rings is 1. The maximum absolute atomic E-state index is 12.3. The van der Waals surface area contributed by atoms with Gasteiger partial charge in [-0.1, -0.05) is 17.8 Å². The van der Waals surface area contributed by atoms with E-state index in [2.05, 4.69) is 15.6 Å². The fraction of sp³-hybridized carbons (Fsp3) is 0.625. The van der Waals surface area contributed by atoms with Crippen LogP contribution in [0.3, 0.4) is 0 Å². The third-order valence-electron chi connectivity index (χ3n) is 4.50. The second-order valence-corrected chi connectivity index (χ2v) is 8.21. The highest BCUT2D eigenvalue weighted by atomic mass is 32.2. The van der Waals surface area contributed by atoms with Crippen LogP contribution in [-0.4, -0.2) is 41.1 Å². The van der Waals surface area contributed by atoms with Crippen LogP contribution < -0.4 is 10.6 Å². The van der Waals surface area contributed by atoms with Crippen molar-refractivity contribution in [3.05, 3.63) is 10.6 Å².